The van der Waals surface area contributed by atoms with E-state index < -0.39 is 11.7 Å². The highest BCUT2D eigenvalue weighted by molar-refractivity contribution is 5.19. The van der Waals surface area contributed by atoms with Crippen molar-refractivity contribution < 1.29 is 13.2 Å². The fraction of sp³-hybridized carbons (Fsp3) is 0.200. The van der Waals surface area contributed by atoms with Crippen LogP contribution in [0.2, 0.25) is 0 Å². The van der Waals surface area contributed by atoms with Crippen molar-refractivity contribution in [2.24, 2.45) is 0 Å². The van der Waals surface area contributed by atoms with Gasteiger partial charge in [0.1, 0.15) is 0 Å². The van der Waals surface area contributed by atoms with Crippen LogP contribution < -0.4 is 0 Å². The van der Waals surface area contributed by atoms with Crippen LogP contribution in [-0.4, -0.2) is 14.5 Å². The van der Waals surface area contributed by atoms with Crippen LogP contribution in [0.3, 0.4) is 0 Å². The lowest BCUT2D eigenvalue weighted by Gasteiger charge is -2.08. The maximum Gasteiger partial charge on any atom is 0.416 e. The maximum absolute atomic E-state index is 12.4. The Balaban J connectivity index is 2.23. The van der Waals surface area contributed by atoms with Gasteiger partial charge in [0.2, 0.25) is 0 Å². The van der Waals surface area contributed by atoms with Crippen LogP contribution in [0.1, 0.15) is 11.3 Å². The molecule has 0 saturated carbocycles. The van der Waals surface area contributed by atoms with Gasteiger partial charge in [-0.3, -0.25) is 4.98 Å². The molecule has 0 aliphatic rings. The van der Waals surface area contributed by atoms with E-state index >= 15 is 0 Å². The van der Waals surface area contributed by atoms with Crippen LogP contribution >= 0.6 is 0 Å². The summed E-state index contributed by atoms with van der Waals surface area (Å²) in [6.07, 6.45) is 1.60. The molecule has 84 valence electrons. The molecule has 0 N–H and O–H groups in total. The molecule has 0 spiro atoms. The zero-order chi connectivity index (χ0) is 11.6. The summed E-state index contributed by atoms with van der Waals surface area (Å²) >= 11 is 0. The number of pyridine rings is 1. The van der Waals surface area contributed by atoms with Gasteiger partial charge in [-0.15, -0.1) is 0 Å². The number of alkyl halides is 3. The highest BCUT2D eigenvalue weighted by atomic mass is 19.4. The van der Waals surface area contributed by atoms with Crippen LogP contribution in [0, 0.1) is 0 Å². The molecule has 0 radical (unpaired) electrons. The molecule has 0 aliphatic heterocycles. The number of halogens is 3. The van der Waals surface area contributed by atoms with E-state index in [0.717, 1.165) is 18.3 Å². The number of aromatic nitrogens is 3. The van der Waals surface area contributed by atoms with E-state index in [-0.39, 0.29) is 6.54 Å². The molecule has 2 aromatic rings. The monoisotopic (exact) mass is 227 g/mol. The van der Waals surface area contributed by atoms with Gasteiger partial charge in [0, 0.05) is 18.6 Å². The van der Waals surface area contributed by atoms with Crippen LogP contribution in [0.25, 0.3) is 0 Å². The fourth-order valence-electron chi connectivity index (χ4n) is 1.31. The van der Waals surface area contributed by atoms with Gasteiger partial charge in [-0.25, -0.2) is 4.98 Å². The van der Waals surface area contributed by atoms with Gasteiger partial charge in [0.25, 0.3) is 0 Å². The van der Waals surface area contributed by atoms with Crippen LogP contribution in [0.5, 0.6) is 0 Å². The number of imidazole rings is 1. The maximum atomic E-state index is 12.4. The Morgan fingerprint density at radius 1 is 1.25 bits per heavy atom. The van der Waals surface area contributed by atoms with E-state index in [1.54, 1.807) is 17.0 Å². The fourth-order valence-corrected chi connectivity index (χ4v) is 1.31. The zero-order valence-corrected chi connectivity index (χ0v) is 8.15. The lowest BCUT2D eigenvalue weighted by Crippen LogP contribution is -2.07. The first kappa shape index (κ1) is 10.7. The van der Waals surface area contributed by atoms with Gasteiger partial charge < -0.3 is 4.57 Å². The minimum atomic E-state index is -4.33. The van der Waals surface area contributed by atoms with Gasteiger partial charge in [0.05, 0.1) is 24.1 Å². The quantitative estimate of drug-likeness (QED) is 0.788. The summed E-state index contributed by atoms with van der Waals surface area (Å²) in [7, 11) is 0. The molecular formula is C10H8F3N3. The number of hydrogen-bond donors (Lipinski definition) is 0. The average molecular weight is 227 g/mol. The molecule has 16 heavy (non-hydrogen) atoms. The minimum absolute atomic E-state index is 0.282. The molecule has 2 aromatic heterocycles. The lowest BCUT2D eigenvalue weighted by atomic mass is 10.2. The van der Waals surface area contributed by atoms with E-state index in [1.165, 1.54) is 6.33 Å². The van der Waals surface area contributed by atoms with Crippen molar-refractivity contribution in [3.05, 3.63) is 48.3 Å². The van der Waals surface area contributed by atoms with Gasteiger partial charge in [-0.1, -0.05) is 0 Å². The van der Waals surface area contributed by atoms with Crippen LogP contribution in [0.15, 0.2) is 37.1 Å². The highest BCUT2D eigenvalue weighted by Gasteiger charge is 2.30. The Morgan fingerprint density at radius 3 is 2.69 bits per heavy atom. The van der Waals surface area contributed by atoms with Crippen molar-refractivity contribution >= 4 is 0 Å². The van der Waals surface area contributed by atoms with Crippen molar-refractivity contribution in [3.63, 3.8) is 0 Å². The first-order chi connectivity index (χ1) is 7.55. The Kier molecular flexibility index (Phi) is 2.64. The molecule has 0 aliphatic carbocycles. The second-order valence-corrected chi connectivity index (χ2v) is 3.27. The smallest absolute Gasteiger partial charge is 0.331 e. The van der Waals surface area contributed by atoms with E-state index in [0.29, 0.717) is 5.69 Å². The van der Waals surface area contributed by atoms with E-state index in [2.05, 4.69) is 9.97 Å². The Labute approximate surface area is 89.6 Å². The van der Waals surface area contributed by atoms with Crippen molar-refractivity contribution in [1.29, 1.82) is 0 Å². The summed E-state index contributed by atoms with van der Waals surface area (Å²) in [5, 5.41) is 0. The number of rotatable bonds is 2. The Bertz CT molecular complexity index is 462. The summed E-state index contributed by atoms with van der Waals surface area (Å²) in [5.74, 6) is 0. The zero-order valence-electron chi connectivity index (χ0n) is 8.15. The van der Waals surface area contributed by atoms with Crippen LogP contribution in [-0.2, 0) is 12.7 Å². The summed E-state index contributed by atoms with van der Waals surface area (Å²) in [4.78, 5) is 7.68. The van der Waals surface area contributed by atoms with Crippen LogP contribution in [0.4, 0.5) is 13.2 Å². The third-order valence-corrected chi connectivity index (χ3v) is 2.05. The third-order valence-electron chi connectivity index (χ3n) is 2.05. The SMILES string of the molecule is FC(F)(F)c1ccnc(Cn2ccnc2)c1. The number of hydrogen-bond acceptors (Lipinski definition) is 2. The van der Waals surface area contributed by atoms with Crippen molar-refractivity contribution in [2.45, 2.75) is 12.7 Å². The molecule has 6 heteroatoms. The van der Waals surface area contributed by atoms with Gasteiger partial charge in [-0.2, -0.15) is 13.2 Å². The molecule has 0 amide bonds. The van der Waals surface area contributed by atoms with Crippen molar-refractivity contribution in [3.8, 4) is 0 Å². The minimum Gasteiger partial charge on any atom is -0.331 e. The average Bonchev–Trinajstić information content (AvgIpc) is 2.70. The molecule has 0 atom stereocenters. The predicted octanol–water partition coefficient (Wildman–Crippen LogP) is 2.35. The molecule has 2 rings (SSSR count). The summed E-state index contributed by atoms with van der Waals surface area (Å²) in [6.45, 7) is 0.282. The summed E-state index contributed by atoms with van der Waals surface area (Å²) in [6, 6.07) is 2.00. The second kappa shape index (κ2) is 3.96. The van der Waals surface area contributed by atoms with E-state index in [9.17, 15) is 13.2 Å². The topological polar surface area (TPSA) is 30.7 Å². The molecule has 3 nitrogen and oxygen atoms in total. The first-order valence-electron chi connectivity index (χ1n) is 4.53. The summed E-state index contributed by atoms with van der Waals surface area (Å²) < 4.78 is 38.9. The Morgan fingerprint density at radius 2 is 2.06 bits per heavy atom. The van der Waals surface area contributed by atoms with E-state index in [4.69, 9.17) is 0 Å². The molecule has 2 heterocycles. The molecule has 0 fully saturated rings. The van der Waals surface area contributed by atoms with Gasteiger partial charge in [-0.05, 0) is 12.1 Å². The molecule has 0 unspecified atom stereocenters. The molecule has 0 saturated heterocycles. The first-order valence-corrected chi connectivity index (χ1v) is 4.53. The van der Waals surface area contributed by atoms with E-state index in [1.807, 2.05) is 0 Å². The largest absolute Gasteiger partial charge is 0.416 e. The predicted molar refractivity (Wildman–Crippen MR) is 50.6 cm³/mol. The lowest BCUT2D eigenvalue weighted by molar-refractivity contribution is -0.137. The molecule has 0 bridgehead atoms. The molecular weight excluding hydrogens is 219 g/mol. The Hall–Kier alpha value is -1.85. The van der Waals surface area contributed by atoms with Crippen molar-refractivity contribution in [1.82, 2.24) is 14.5 Å². The standard InChI is InChI=1S/C10H8F3N3/c11-10(12,13)8-1-2-15-9(5-8)6-16-4-3-14-7-16/h1-5,7H,6H2. The second-order valence-electron chi connectivity index (χ2n) is 3.27. The van der Waals surface area contributed by atoms with Gasteiger partial charge >= 0.3 is 6.18 Å². The number of nitrogens with zero attached hydrogens (tertiary/aromatic N) is 3. The summed E-state index contributed by atoms with van der Waals surface area (Å²) in [5.41, 5.74) is -0.328. The van der Waals surface area contributed by atoms with Gasteiger partial charge in [0.15, 0.2) is 0 Å². The highest BCUT2D eigenvalue weighted by Crippen LogP contribution is 2.29. The van der Waals surface area contributed by atoms with Crippen molar-refractivity contribution in [2.75, 3.05) is 0 Å². The normalized spacial score (nSPS) is 11.7. The third kappa shape index (κ3) is 2.39. The molecule has 0 aromatic carbocycles.